The zero-order valence-electron chi connectivity index (χ0n) is 18.2. The summed E-state index contributed by atoms with van der Waals surface area (Å²) in [6, 6.07) is 10.00. The molecule has 1 saturated carbocycles. The molecule has 160 valence electrons. The van der Waals surface area contributed by atoms with Gasteiger partial charge in [0.25, 0.3) is 5.91 Å². The summed E-state index contributed by atoms with van der Waals surface area (Å²) >= 11 is 0. The van der Waals surface area contributed by atoms with Gasteiger partial charge in [-0.05, 0) is 57.7 Å². The third-order valence-electron chi connectivity index (χ3n) is 5.84. The van der Waals surface area contributed by atoms with E-state index >= 15 is 0 Å². The van der Waals surface area contributed by atoms with Gasteiger partial charge in [0, 0.05) is 23.4 Å². The number of aromatic nitrogens is 2. The van der Waals surface area contributed by atoms with Gasteiger partial charge in [-0.25, -0.2) is 9.48 Å². The Balaban J connectivity index is 1.60. The molecule has 1 N–H and O–H groups in total. The fourth-order valence-electron chi connectivity index (χ4n) is 3.97. The molecule has 1 heterocycles. The van der Waals surface area contributed by atoms with Crippen molar-refractivity contribution in [3.8, 4) is 5.69 Å². The van der Waals surface area contributed by atoms with Crippen molar-refractivity contribution in [2.75, 3.05) is 0 Å². The average molecular weight is 410 g/mol. The maximum Gasteiger partial charge on any atom is 0.331 e. The van der Waals surface area contributed by atoms with E-state index in [0.717, 1.165) is 41.9 Å². The number of carbonyl (C=O) groups is 2. The molecule has 0 aliphatic heterocycles. The molecule has 1 aromatic carbocycles. The highest BCUT2D eigenvalue weighted by atomic mass is 16.5. The molecule has 0 spiro atoms. The van der Waals surface area contributed by atoms with Gasteiger partial charge in [0.15, 0.2) is 6.10 Å². The van der Waals surface area contributed by atoms with Crippen LogP contribution in [0.2, 0.25) is 0 Å². The van der Waals surface area contributed by atoms with Gasteiger partial charge in [-0.3, -0.25) is 4.79 Å². The Morgan fingerprint density at radius 2 is 1.90 bits per heavy atom. The van der Waals surface area contributed by atoms with Gasteiger partial charge >= 0.3 is 5.97 Å². The molecule has 1 aromatic heterocycles. The predicted molar refractivity (Wildman–Crippen MR) is 117 cm³/mol. The highest BCUT2D eigenvalue weighted by molar-refractivity contribution is 5.90. The summed E-state index contributed by atoms with van der Waals surface area (Å²) in [6.07, 6.45) is 6.68. The zero-order chi connectivity index (χ0) is 21.7. The summed E-state index contributed by atoms with van der Waals surface area (Å²) in [5.74, 6) is -0.321. The Kier molecular flexibility index (Phi) is 7.08. The number of rotatable bonds is 6. The van der Waals surface area contributed by atoms with E-state index < -0.39 is 12.1 Å². The molecule has 30 heavy (non-hydrogen) atoms. The van der Waals surface area contributed by atoms with E-state index in [1.165, 1.54) is 12.5 Å². The molecule has 0 unspecified atom stereocenters. The van der Waals surface area contributed by atoms with Crippen LogP contribution in [0.5, 0.6) is 0 Å². The number of aryl methyl sites for hydroxylation is 1. The monoisotopic (exact) mass is 409 g/mol. The first-order valence-electron chi connectivity index (χ1n) is 10.7. The third-order valence-corrected chi connectivity index (χ3v) is 5.84. The lowest BCUT2D eigenvalue weighted by Crippen LogP contribution is -2.45. The second kappa shape index (κ2) is 9.74. The van der Waals surface area contributed by atoms with E-state index in [2.05, 4.69) is 17.3 Å². The Morgan fingerprint density at radius 1 is 1.20 bits per heavy atom. The second-order valence-corrected chi connectivity index (χ2v) is 8.12. The van der Waals surface area contributed by atoms with Crippen molar-refractivity contribution in [2.45, 2.75) is 65.5 Å². The third kappa shape index (κ3) is 5.17. The van der Waals surface area contributed by atoms with Crippen molar-refractivity contribution in [1.82, 2.24) is 15.1 Å². The van der Waals surface area contributed by atoms with Crippen molar-refractivity contribution < 1.29 is 14.3 Å². The highest BCUT2D eigenvalue weighted by Gasteiger charge is 2.26. The first-order valence-corrected chi connectivity index (χ1v) is 10.7. The van der Waals surface area contributed by atoms with E-state index in [0.29, 0.717) is 5.92 Å². The predicted octanol–water partition coefficient (Wildman–Crippen LogP) is 4.13. The first-order chi connectivity index (χ1) is 14.4. The molecule has 0 saturated heterocycles. The summed E-state index contributed by atoms with van der Waals surface area (Å²) in [5, 5.41) is 7.60. The number of para-hydroxylation sites is 1. The molecule has 3 atom stereocenters. The van der Waals surface area contributed by atoms with Crippen LogP contribution in [0.3, 0.4) is 0 Å². The van der Waals surface area contributed by atoms with Gasteiger partial charge in [0.2, 0.25) is 0 Å². The zero-order valence-corrected chi connectivity index (χ0v) is 18.2. The molecular formula is C24H31N3O3. The number of benzene rings is 1. The number of ether oxygens (including phenoxy) is 1. The van der Waals surface area contributed by atoms with Gasteiger partial charge in [0.1, 0.15) is 0 Å². The van der Waals surface area contributed by atoms with E-state index in [9.17, 15) is 9.59 Å². The lowest BCUT2D eigenvalue weighted by molar-refractivity contribution is -0.150. The fourth-order valence-corrected chi connectivity index (χ4v) is 3.97. The summed E-state index contributed by atoms with van der Waals surface area (Å²) in [6.45, 7) is 7.63. The molecule has 1 aliphatic rings. The summed E-state index contributed by atoms with van der Waals surface area (Å²) in [7, 11) is 0. The number of esters is 1. The number of hydrogen-bond acceptors (Lipinski definition) is 4. The van der Waals surface area contributed by atoms with Crippen molar-refractivity contribution >= 4 is 18.0 Å². The summed E-state index contributed by atoms with van der Waals surface area (Å²) < 4.78 is 7.17. The molecule has 1 aliphatic carbocycles. The minimum atomic E-state index is -0.828. The topological polar surface area (TPSA) is 73.2 Å². The lowest BCUT2D eigenvalue weighted by Gasteiger charge is -2.30. The molecule has 1 fully saturated rings. The van der Waals surface area contributed by atoms with Crippen LogP contribution in [0, 0.1) is 19.8 Å². The molecule has 0 radical (unpaired) electrons. The lowest BCUT2D eigenvalue weighted by atomic mass is 9.86. The molecule has 2 aromatic rings. The molecule has 1 amide bonds. The van der Waals surface area contributed by atoms with Crippen LogP contribution in [0.1, 0.15) is 56.5 Å². The largest absolute Gasteiger partial charge is 0.449 e. The maximum atomic E-state index is 12.4. The van der Waals surface area contributed by atoms with Crippen molar-refractivity contribution in [3.05, 3.63) is 53.4 Å². The quantitative estimate of drug-likeness (QED) is 0.575. The molecule has 6 heteroatoms. The first kappa shape index (κ1) is 21.8. The number of hydrogen-bond donors (Lipinski definition) is 1. The number of carbonyl (C=O) groups excluding carboxylic acids is 2. The van der Waals surface area contributed by atoms with Gasteiger partial charge in [-0.15, -0.1) is 0 Å². The molecule has 0 bridgehead atoms. The minimum absolute atomic E-state index is 0.164. The Bertz CT molecular complexity index is 917. The molecule has 6 nitrogen and oxygen atoms in total. The highest BCUT2D eigenvalue weighted by Crippen LogP contribution is 2.24. The van der Waals surface area contributed by atoms with Crippen LogP contribution in [0.4, 0.5) is 0 Å². The van der Waals surface area contributed by atoms with Gasteiger partial charge < -0.3 is 10.1 Å². The van der Waals surface area contributed by atoms with Crippen molar-refractivity contribution in [1.29, 1.82) is 0 Å². The van der Waals surface area contributed by atoms with Crippen molar-refractivity contribution in [2.24, 2.45) is 5.92 Å². The molecular weight excluding hydrogens is 378 g/mol. The average Bonchev–Trinajstić information content (AvgIpc) is 3.02. The van der Waals surface area contributed by atoms with E-state index in [4.69, 9.17) is 4.74 Å². The Hall–Kier alpha value is -2.89. The number of amides is 1. The van der Waals surface area contributed by atoms with Crippen LogP contribution in [0.25, 0.3) is 11.8 Å². The maximum absolute atomic E-state index is 12.4. The summed E-state index contributed by atoms with van der Waals surface area (Å²) in [5.41, 5.74) is 3.57. The Morgan fingerprint density at radius 3 is 2.60 bits per heavy atom. The van der Waals surface area contributed by atoms with Crippen molar-refractivity contribution in [3.63, 3.8) is 0 Å². The van der Waals surface area contributed by atoms with Crippen LogP contribution in [0.15, 0.2) is 36.4 Å². The normalized spacial score (nSPS) is 20.1. The van der Waals surface area contributed by atoms with Crippen LogP contribution < -0.4 is 5.32 Å². The SMILES string of the molecule is Cc1nn(-c2ccccc2)c(C)c1/C=C/C(=O)O[C@@H](C)C(=O)N[C@@H]1CCCC[C@@H]1C. The smallest absolute Gasteiger partial charge is 0.331 e. The van der Waals surface area contributed by atoms with E-state index in [-0.39, 0.29) is 11.9 Å². The van der Waals surface area contributed by atoms with Crippen LogP contribution in [-0.2, 0) is 14.3 Å². The van der Waals surface area contributed by atoms with Gasteiger partial charge in [-0.1, -0.05) is 38.0 Å². The second-order valence-electron chi connectivity index (χ2n) is 8.12. The van der Waals surface area contributed by atoms with Crippen LogP contribution >= 0.6 is 0 Å². The van der Waals surface area contributed by atoms with Crippen LogP contribution in [-0.4, -0.2) is 33.8 Å². The number of nitrogens with zero attached hydrogens (tertiary/aromatic N) is 2. The Labute approximate surface area is 178 Å². The van der Waals surface area contributed by atoms with Gasteiger partial charge in [-0.2, -0.15) is 5.10 Å². The van der Waals surface area contributed by atoms with Gasteiger partial charge in [0.05, 0.1) is 11.4 Å². The molecule has 3 rings (SSSR count). The summed E-state index contributed by atoms with van der Waals surface area (Å²) in [4.78, 5) is 24.7. The number of nitrogens with one attached hydrogen (secondary N) is 1. The standard InChI is InChI=1S/C24H31N3O3/c1-16-10-8-9-13-22(16)25-24(29)19(4)30-23(28)15-14-21-17(2)26-27(18(21)3)20-11-6-5-7-12-20/h5-7,11-12,14-16,19,22H,8-10,13H2,1-4H3,(H,25,29)/b15-14+/t16-,19-,22+/m0/s1. The van der Waals surface area contributed by atoms with E-state index in [1.54, 1.807) is 13.0 Å². The van der Waals surface area contributed by atoms with E-state index in [1.807, 2.05) is 48.9 Å². The fraction of sp³-hybridized carbons (Fsp3) is 0.458. The minimum Gasteiger partial charge on any atom is -0.449 e.